The lowest BCUT2D eigenvalue weighted by Crippen LogP contribution is -2.60. The second-order valence-corrected chi connectivity index (χ2v) is 8.72. The molecule has 0 saturated carbocycles. The van der Waals surface area contributed by atoms with Gasteiger partial charge in [0.2, 0.25) is 6.29 Å². The molecule has 9 nitrogen and oxygen atoms in total. The molecule has 5 unspecified atom stereocenters. The van der Waals surface area contributed by atoms with Gasteiger partial charge in [-0.2, -0.15) is 0 Å². The molecule has 1 aliphatic rings. The van der Waals surface area contributed by atoms with E-state index in [2.05, 4.69) is 6.92 Å². The van der Waals surface area contributed by atoms with Crippen molar-refractivity contribution in [3.05, 3.63) is 69.8 Å². The number of hydrogen-bond donors (Lipinski definition) is 4. The Morgan fingerprint density at radius 2 is 1.64 bits per heavy atom. The Morgan fingerprint density at radius 3 is 2.25 bits per heavy atom. The number of ether oxygens (including phenoxy) is 3. The van der Waals surface area contributed by atoms with Gasteiger partial charge in [0.05, 0.1) is 7.11 Å². The third-order valence-corrected chi connectivity index (χ3v) is 5.95. The first kappa shape index (κ1) is 29.0. The van der Waals surface area contributed by atoms with Gasteiger partial charge in [0.1, 0.15) is 24.1 Å². The summed E-state index contributed by atoms with van der Waals surface area (Å²) in [5, 5.41) is 38.5. The number of allylic oxidation sites excluding steroid dienone is 6. The van der Waals surface area contributed by atoms with Crippen LogP contribution in [0, 0.1) is 20.8 Å². The van der Waals surface area contributed by atoms with Crippen molar-refractivity contribution in [1.82, 2.24) is 0 Å². The first-order chi connectivity index (χ1) is 16.9. The fraction of sp³-hybridized carbons (Fsp3) is 0.407. The van der Waals surface area contributed by atoms with Crippen LogP contribution in [-0.2, 0) is 19.1 Å². The van der Waals surface area contributed by atoms with Gasteiger partial charge in [0.25, 0.3) is 0 Å². The number of rotatable bonds is 8. The summed E-state index contributed by atoms with van der Waals surface area (Å²) in [6.45, 7) is 9.70. The van der Waals surface area contributed by atoms with Gasteiger partial charge in [-0.1, -0.05) is 36.0 Å². The number of aryl methyl sites for hydroxylation is 1. The van der Waals surface area contributed by atoms with Crippen molar-refractivity contribution in [2.75, 3.05) is 7.11 Å². The van der Waals surface area contributed by atoms with Crippen molar-refractivity contribution in [2.45, 2.75) is 65.3 Å². The molecule has 1 saturated heterocycles. The zero-order valence-corrected chi connectivity index (χ0v) is 21.3. The molecule has 1 aromatic rings. The van der Waals surface area contributed by atoms with E-state index in [0.717, 1.165) is 39.7 Å². The molecule has 36 heavy (non-hydrogen) atoms. The predicted octanol–water partition coefficient (Wildman–Crippen LogP) is 2.52. The SMILES string of the molecule is COc1cc(C)c(/C=C/C(C)=C/C=C/C(C)=C/C(=O)OC2OC(C(=O)O)C(O)C(O)C2O)c(C)c1C. The van der Waals surface area contributed by atoms with Crippen LogP contribution >= 0.6 is 0 Å². The fourth-order valence-corrected chi connectivity index (χ4v) is 3.69. The zero-order valence-electron chi connectivity index (χ0n) is 21.3. The minimum Gasteiger partial charge on any atom is -0.496 e. The third kappa shape index (κ3) is 7.14. The highest BCUT2D eigenvalue weighted by Gasteiger charge is 2.48. The molecule has 1 aliphatic heterocycles. The van der Waals surface area contributed by atoms with Crippen LogP contribution in [0.5, 0.6) is 5.75 Å². The highest BCUT2D eigenvalue weighted by Crippen LogP contribution is 2.28. The number of hydrogen-bond acceptors (Lipinski definition) is 8. The summed E-state index contributed by atoms with van der Waals surface area (Å²) in [6, 6.07) is 2.01. The molecule has 196 valence electrons. The Morgan fingerprint density at radius 1 is 0.972 bits per heavy atom. The quantitative estimate of drug-likeness (QED) is 0.240. The Hall–Kier alpha value is -3.24. The van der Waals surface area contributed by atoms with Gasteiger partial charge >= 0.3 is 11.9 Å². The lowest BCUT2D eigenvalue weighted by Gasteiger charge is -2.37. The van der Waals surface area contributed by atoms with Crippen LogP contribution in [0.25, 0.3) is 6.08 Å². The van der Waals surface area contributed by atoms with Crippen molar-refractivity contribution in [1.29, 1.82) is 0 Å². The average molecular weight is 503 g/mol. The maximum atomic E-state index is 12.2. The third-order valence-electron chi connectivity index (χ3n) is 5.95. The molecule has 0 bridgehead atoms. The van der Waals surface area contributed by atoms with Gasteiger partial charge in [0, 0.05) is 6.08 Å². The second-order valence-electron chi connectivity index (χ2n) is 8.72. The Balaban J connectivity index is 2.03. The van der Waals surface area contributed by atoms with E-state index in [1.54, 1.807) is 26.2 Å². The molecule has 4 N–H and O–H groups in total. The van der Waals surface area contributed by atoms with Gasteiger partial charge < -0.3 is 34.6 Å². The summed E-state index contributed by atoms with van der Waals surface area (Å²) >= 11 is 0. The first-order valence-electron chi connectivity index (χ1n) is 11.4. The summed E-state index contributed by atoms with van der Waals surface area (Å²) in [5.74, 6) is -1.61. The Kier molecular flexibility index (Phi) is 10.2. The number of aliphatic hydroxyl groups excluding tert-OH is 3. The number of esters is 1. The van der Waals surface area contributed by atoms with Crippen molar-refractivity contribution in [3.63, 3.8) is 0 Å². The van der Waals surface area contributed by atoms with Crippen molar-refractivity contribution < 1.29 is 44.2 Å². The monoisotopic (exact) mass is 502 g/mol. The van der Waals surface area contributed by atoms with Crippen LogP contribution in [0.4, 0.5) is 0 Å². The number of carbonyl (C=O) groups is 2. The van der Waals surface area contributed by atoms with Crippen LogP contribution in [0.15, 0.2) is 47.6 Å². The van der Waals surface area contributed by atoms with Gasteiger partial charge in [0.15, 0.2) is 6.10 Å². The van der Waals surface area contributed by atoms with E-state index in [4.69, 9.17) is 19.3 Å². The Bertz CT molecular complexity index is 1100. The van der Waals surface area contributed by atoms with Crippen molar-refractivity contribution >= 4 is 18.0 Å². The highest BCUT2D eigenvalue weighted by atomic mass is 16.7. The molecule has 0 radical (unpaired) electrons. The van der Waals surface area contributed by atoms with Crippen LogP contribution in [0.1, 0.15) is 36.1 Å². The highest BCUT2D eigenvalue weighted by molar-refractivity contribution is 5.83. The molecule has 1 heterocycles. The van der Waals surface area contributed by atoms with E-state index in [9.17, 15) is 24.9 Å². The lowest BCUT2D eigenvalue weighted by atomic mass is 9.96. The van der Waals surface area contributed by atoms with Crippen molar-refractivity contribution in [2.24, 2.45) is 0 Å². The maximum absolute atomic E-state index is 12.2. The number of aliphatic carboxylic acids is 1. The smallest absolute Gasteiger partial charge is 0.335 e. The zero-order chi connectivity index (χ0) is 27.2. The molecular formula is C27H34O9. The molecule has 0 spiro atoms. The molecule has 1 fully saturated rings. The largest absolute Gasteiger partial charge is 0.496 e. The number of aliphatic hydroxyl groups is 3. The standard InChI is InChI=1S/C27H34O9/c1-14(10-11-19-16(3)13-20(34-6)18(5)17(19)4)8-7-9-15(2)12-21(28)35-27-24(31)22(29)23(30)25(36-27)26(32)33/h7-13,22-25,27,29-31H,1-6H3,(H,32,33)/b9-7+,11-10+,14-8+,15-12+. The topological polar surface area (TPSA) is 143 Å². The number of carbonyl (C=O) groups excluding carboxylic acids is 1. The summed E-state index contributed by atoms with van der Waals surface area (Å²) in [5.41, 5.74) is 5.96. The molecule has 2 rings (SSSR count). The van der Waals surface area contributed by atoms with E-state index in [0.29, 0.717) is 5.57 Å². The first-order valence-corrected chi connectivity index (χ1v) is 11.4. The number of carboxylic acids is 1. The Labute approximate surface area is 210 Å². The van der Waals surface area contributed by atoms with E-state index >= 15 is 0 Å². The molecule has 0 aromatic heterocycles. The summed E-state index contributed by atoms with van der Waals surface area (Å²) in [6.07, 6.45) is 1.34. The summed E-state index contributed by atoms with van der Waals surface area (Å²) in [4.78, 5) is 23.3. The van der Waals surface area contributed by atoms with Crippen LogP contribution in [0.2, 0.25) is 0 Å². The summed E-state index contributed by atoms with van der Waals surface area (Å²) in [7, 11) is 1.66. The number of carboxylic acid groups (broad SMARTS) is 1. The predicted molar refractivity (Wildman–Crippen MR) is 133 cm³/mol. The summed E-state index contributed by atoms with van der Waals surface area (Å²) < 4.78 is 15.3. The molecule has 5 atom stereocenters. The number of benzene rings is 1. The molecule has 9 heteroatoms. The van der Waals surface area contributed by atoms with Gasteiger partial charge in [-0.15, -0.1) is 0 Å². The van der Waals surface area contributed by atoms with Gasteiger partial charge in [-0.05, 0) is 68.5 Å². The molecular weight excluding hydrogens is 468 g/mol. The van der Waals surface area contributed by atoms with Gasteiger partial charge in [-0.25, -0.2) is 9.59 Å². The van der Waals surface area contributed by atoms with Gasteiger partial charge in [-0.3, -0.25) is 0 Å². The van der Waals surface area contributed by atoms with E-state index < -0.39 is 42.6 Å². The van der Waals surface area contributed by atoms with Crippen LogP contribution < -0.4 is 4.74 Å². The fourth-order valence-electron chi connectivity index (χ4n) is 3.69. The molecule has 0 amide bonds. The minimum absolute atomic E-state index is 0.520. The average Bonchev–Trinajstić information content (AvgIpc) is 2.81. The second kappa shape index (κ2) is 12.6. The van der Waals surface area contributed by atoms with E-state index in [1.807, 2.05) is 45.1 Å². The minimum atomic E-state index is -1.86. The lowest BCUT2D eigenvalue weighted by molar-refractivity contribution is -0.284. The van der Waals surface area contributed by atoms with Crippen LogP contribution in [0.3, 0.4) is 0 Å². The maximum Gasteiger partial charge on any atom is 0.335 e. The molecule has 0 aliphatic carbocycles. The van der Waals surface area contributed by atoms with Crippen LogP contribution in [-0.4, -0.2) is 70.2 Å². The molecule has 1 aromatic carbocycles. The van der Waals surface area contributed by atoms with Crippen molar-refractivity contribution in [3.8, 4) is 5.75 Å². The number of methoxy groups -OCH3 is 1. The van der Waals surface area contributed by atoms with E-state index in [1.165, 1.54) is 0 Å². The normalized spacial score (nSPS) is 25.4. The van der Waals surface area contributed by atoms with E-state index in [-0.39, 0.29) is 0 Å².